The molecule has 0 aliphatic rings. The van der Waals surface area contributed by atoms with Crippen LogP contribution in [0.25, 0.3) is 0 Å². The first-order valence-corrected chi connectivity index (χ1v) is 5.58. The summed E-state index contributed by atoms with van der Waals surface area (Å²) in [6.07, 6.45) is 3.01. The molecule has 0 bridgehead atoms. The first-order valence-electron chi connectivity index (χ1n) is 3.06. The second-order valence-electron chi connectivity index (χ2n) is 1.78. The zero-order valence-corrected chi connectivity index (χ0v) is 8.52. The highest BCUT2D eigenvalue weighted by atomic mass is 127. The Labute approximate surface area is 77.2 Å². The molecule has 62 valence electrons. The normalized spacial score (nSPS) is 13.4. The molecule has 1 unspecified atom stereocenters. The summed E-state index contributed by atoms with van der Waals surface area (Å²) in [6.45, 7) is 0.326. The summed E-state index contributed by atoms with van der Waals surface area (Å²) in [4.78, 5) is 0. The van der Waals surface area contributed by atoms with Gasteiger partial charge in [-0.25, -0.2) is 4.21 Å². The average molecular weight is 277 g/mol. The molecule has 0 aromatic heterocycles. The molecule has 0 aromatic rings. The monoisotopic (exact) mass is 277 g/mol. The second-order valence-corrected chi connectivity index (χ2v) is 3.50. The molecule has 0 heterocycles. The lowest BCUT2D eigenvalue weighted by Gasteiger charge is -2.03. The van der Waals surface area contributed by atoms with Gasteiger partial charge in [0.25, 0.3) is 0 Å². The van der Waals surface area contributed by atoms with E-state index in [1.807, 2.05) is 0 Å². The predicted octanol–water partition coefficient (Wildman–Crippen LogP) is 1.40. The van der Waals surface area contributed by atoms with Gasteiger partial charge in [0.15, 0.2) is 0 Å². The SMILES string of the molecule is O=S([O-])OCCCCCI. The lowest BCUT2D eigenvalue weighted by atomic mass is 10.3. The van der Waals surface area contributed by atoms with Crippen LogP contribution in [-0.4, -0.2) is 19.8 Å². The van der Waals surface area contributed by atoms with Crippen LogP contribution in [0.1, 0.15) is 19.3 Å². The zero-order chi connectivity index (χ0) is 7.82. The van der Waals surface area contributed by atoms with E-state index in [0.717, 1.165) is 23.7 Å². The van der Waals surface area contributed by atoms with Gasteiger partial charge in [0, 0.05) is 0 Å². The van der Waals surface area contributed by atoms with Crippen LogP contribution in [0.4, 0.5) is 0 Å². The molecule has 5 heteroatoms. The third-order valence-electron chi connectivity index (χ3n) is 0.958. The van der Waals surface area contributed by atoms with Crippen molar-refractivity contribution in [1.82, 2.24) is 0 Å². The van der Waals surface area contributed by atoms with Gasteiger partial charge in [-0.05, 0) is 17.3 Å². The molecule has 0 spiro atoms. The van der Waals surface area contributed by atoms with Crippen molar-refractivity contribution in [1.29, 1.82) is 0 Å². The molecule has 0 saturated carbocycles. The smallest absolute Gasteiger partial charge is 0.0842 e. The Kier molecular flexibility index (Phi) is 8.53. The Balaban J connectivity index is 2.84. The molecule has 0 aromatic carbocycles. The van der Waals surface area contributed by atoms with Crippen LogP contribution in [0, 0.1) is 0 Å². The third-order valence-corrected chi connectivity index (χ3v) is 2.08. The van der Waals surface area contributed by atoms with Crippen molar-refractivity contribution in [2.45, 2.75) is 19.3 Å². The molecular formula is C5H10IO3S-. The molecule has 0 saturated heterocycles. The van der Waals surface area contributed by atoms with Crippen molar-refractivity contribution in [2.75, 3.05) is 11.0 Å². The van der Waals surface area contributed by atoms with Gasteiger partial charge in [0.2, 0.25) is 0 Å². The molecule has 0 amide bonds. The minimum absolute atomic E-state index is 0.326. The first-order chi connectivity index (χ1) is 4.77. The van der Waals surface area contributed by atoms with Gasteiger partial charge < -0.3 is 8.74 Å². The molecule has 0 fully saturated rings. The molecule has 0 aliphatic heterocycles. The van der Waals surface area contributed by atoms with Crippen LogP contribution in [-0.2, 0) is 15.5 Å². The largest absolute Gasteiger partial charge is 0.750 e. The van der Waals surface area contributed by atoms with E-state index in [0.29, 0.717) is 6.61 Å². The van der Waals surface area contributed by atoms with Crippen molar-refractivity contribution in [3.8, 4) is 0 Å². The summed E-state index contributed by atoms with van der Waals surface area (Å²) in [7, 11) is 0. The maximum Gasteiger partial charge on any atom is 0.0842 e. The van der Waals surface area contributed by atoms with E-state index < -0.39 is 11.4 Å². The first kappa shape index (κ1) is 10.8. The highest BCUT2D eigenvalue weighted by molar-refractivity contribution is 14.1. The van der Waals surface area contributed by atoms with E-state index in [-0.39, 0.29) is 0 Å². The second kappa shape index (κ2) is 7.90. The number of hydrogen-bond donors (Lipinski definition) is 0. The highest BCUT2D eigenvalue weighted by Crippen LogP contribution is 1.99. The summed E-state index contributed by atoms with van der Waals surface area (Å²) in [5, 5.41) is 0. The fourth-order valence-corrected chi connectivity index (χ4v) is 1.29. The van der Waals surface area contributed by atoms with Crippen molar-refractivity contribution in [3.63, 3.8) is 0 Å². The fourth-order valence-electron chi connectivity index (χ4n) is 0.500. The number of rotatable bonds is 6. The van der Waals surface area contributed by atoms with E-state index in [9.17, 15) is 8.76 Å². The Morgan fingerprint density at radius 3 is 2.60 bits per heavy atom. The average Bonchev–Trinajstić information content (AvgIpc) is 1.87. The number of hydrogen-bond acceptors (Lipinski definition) is 3. The van der Waals surface area contributed by atoms with Crippen LogP contribution < -0.4 is 0 Å². The topological polar surface area (TPSA) is 49.4 Å². The minimum atomic E-state index is -2.32. The van der Waals surface area contributed by atoms with Crippen molar-refractivity contribution in [3.05, 3.63) is 0 Å². The number of halogens is 1. The highest BCUT2D eigenvalue weighted by Gasteiger charge is 1.87. The van der Waals surface area contributed by atoms with Gasteiger partial charge in [0.1, 0.15) is 0 Å². The van der Waals surface area contributed by atoms with Crippen LogP contribution >= 0.6 is 22.6 Å². The molecule has 0 radical (unpaired) electrons. The minimum Gasteiger partial charge on any atom is -0.750 e. The number of unbranched alkanes of at least 4 members (excludes halogenated alkanes) is 2. The molecule has 1 atom stereocenters. The molecule has 3 nitrogen and oxygen atoms in total. The third kappa shape index (κ3) is 8.80. The van der Waals surface area contributed by atoms with Crippen molar-refractivity contribution >= 4 is 34.0 Å². The standard InChI is InChI=1S/C5H11IO3S/c6-4-2-1-3-5-9-10(7)8/h1-5H2,(H,7,8)/p-1. The lowest BCUT2D eigenvalue weighted by molar-refractivity contribution is 0.292. The van der Waals surface area contributed by atoms with E-state index in [1.165, 1.54) is 0 Å². The van der Waals surface area contributed by atoms with E-state index in [2.05, 4.69) is 26.8 Å². The van der Waals surface area contributed by atoms with Crippen LogP contribution in [0.5, 0.6) is 0 Å². The Bertz CT molecular complexity index is 98.9. The van der Waals surface area contributed by atoms with Gasteiger partial charge in [-0.15, -0.1) is 0 Å². The summed E-state index contributed by atoms with van der Waals surface area (Å²) in [5.41, 5.74) is 0. The van der Waals surface area contributed by atoms with Crippen molar-refractivity contribution in [2.24, 2.45) is 0 Å². The maximum absolute atomic E-state index is 9.81. The fraction of sp³-hybridized carbons (Fsp3) is 1.00. The molecule has 0 rings (SSSR count). The van der Waals surface area contributed by atoms with Gasteiger partial charge in [-0.1, -0.05) is 29.0 Å². The molecule has 0 aliphatic carbocycles. The van der Waals surface area contributed by atoms with Gasteiger partial charge in [0.05, 0.1) is 18.0 Å². The molecule has 0 N–H and O–H groups in total. The summed E-state index contributed by atoms with van der Waals surface area (Å²) in [5.74, 6) is 0. The molecular weight excluding hydrogens is 267 g/mol. The Morgan fingerprint density at radius 1 is 1.40 bits per heavy atom. The van der Waals surface area contributed by atoms with Gasteiger partial charge >= 0.3 is 0 Å². The summed E-state index contributed by atoms with van der Waals surface area (Å²) in [6, 6.07) is 0. The number of alkyl halides is 1. The van der Waals surface area contributed by atoms with E-state index >= 15 is 0 Å². The quantitative estimate of drug-likeness (QED) is 0.319. The van der Waals surface area contributed by atoms with Crippen LogP contribution in [0.3, 0.4) is 0 Å². The van der Waals surface area contributed by atoms with Gasteiger partial charge in [-0.3, -0.25) is 0 Å². The predicted molar refractivity (Wildman–Crippen MR) is 47.6 cm³/mol. The summed E-state index contributed by atoms with van der Waals surface area (Å²) < 4.78 is 25.0. The Morgan fingerprint density at radius 2 is 2.10 bits per heavy atom. The van der Waals surface area contributed by atoms with E-state index in [1.54, 1.807) is 0 Å². The van der Waals surface area contributed by atoms with Crippen molar-refractivity contribution < 1.29 is 12.9 Å². The Hall–Kier alpha value is 0.800. The summed E-state index contributed by atoms with van der Waals surface area (Å²) >= 11 is -0.0328. The van der Waals surface area contributed by atoms with Crippen LogP contribution in [0.2, 0.25) is 0 Å². The van der Waals surface area contributed by atoms with Gasteiger partial charge in [-0.2, -0.15) is 0 Å². The molecule has 10 heavy (non-hydrogen) atoms. The van der Waals surface area contributed by atoms with E-state index in [4.69, 9.17) is 0 Å². The van der Waals surface area contributed by atoms with Crippen LogP contribution in [0.15, 0.2) is 0 Å². The maximum atomic E-state index is 9.81. The zero-order valence-electron chi connectivity index (χ0n) is 5.55. The lowest BCUT2D eigenvalue weighted by Crippen LogP contribution is -1.97.